The third kappa shape index (κ3) is 2.72. The van der Waals surface area contributed by atoms with E-state index >= 15 is 0 Å². The van der Waals surface area contributed by atoms with Gasteiger partial charge in [-0.1, -0.05) is 19.3 Å². The Morgan fingerprint density at radius 1 is 1.22 bits per heavy atom. The second kappa shape index (κ2) is 5.80. The number of ether oxygens (including phenoxy) is 2. The molecule has 0 aromatic carbocycles. The van der Waals surface area contributed by atoms with Gasteiger partial charge in [0.25, 0.3) is 0 Å². The first-order valence-electron chi connectivity index (χ1n) is 7.00. The summed E-state index contributed by atoms with van der Waals surface area (Å²) in [6.45, 7) is 2.92. The van der Waals surface area contributed by atoms with Crippen LogP contribution in [0.5, 0.6) is 0 Å². The lowest BCUT2D eigenvalue weighted by Gasteiger charge is -2.25. The number of hydrogen-bond donors (Lipinski definition) is 0. The molecule has 5 heteroatoms. The fourth-order valence-corrected chi connectivity index (χ4v) is 2.91. The summed E-state index contributed by atoms with van der Waals surface area (Å²) in [7, 11) is 0. The first-order chi connectivity index (χ1) is 8.93. The van der Waals surface area contributed by atoms with Gasteiger partial charge < -0.3 is 9.47 Å². The van der Waals surface area contributed by atoms with E-state index in [0.717, 1.165) is 18.3 Å². The summed E-state index contributed by atoms with van der Waals surface area (Å²) in [5.41, 5.74) is 0. The molecule has 0 unspecified atom stereocenters. The molecule has 1 aromatic heterocycles. The van der Waals surface area contributed by atoms with Crippen LogP contribution in [0.3, 0.4) is 0 Å². The summed E-state index contributed by atoms with van der Waals surface area (Å²) in [5.74, 6) is 1.68. The first kappa shape index (κ1) is 12.1. The molecule has 0 amide bonds. The molecule has 5 nitrogen and oxygen atoms in total. The van der Waals surface area contributed by atoms with Crippen molar-refractivity contribution in [1.82, 2.24) is 14.8 Å². The third-order valence-electron chi connectivity index (χ3n) is 3.91. The van der Waals surface area contributed by atoms with Crippen LogP contribution in [0, 0.1) is 5.92 Å². The molecule has 18 heavy (non-hydrogen) atoms. The summed E-state index contributed by atoms with van der Waals surface area (Å²) in [6, 6.07) is 0. The minimum Gasteiger partial charge on any atom is -0.376 e. The van der Waals surface area contributed by atoms with Crippen molar-refractivity contribution in [2.75, 3.05) is 19.8 Å². The zero-order chi connectivity index (χ0) is 12.2. The number of rotatable bonds is 3. The third-order valence-corrected chi connectivity index (χ3v) is 3.91. The minimum absolute atomic E-state index is 0.0372. The topological polar surface area (TPSA) is 49.2 Å². The lowest BCUT2D eigenvalue weighted by molar-refractivity contribution is -0.0952. The molecule has 2 fully saturated rings. The zero-order valence-corrected chi connectivity index (χ0v) is 10.8. The van der Waals surface area contributed by atoms with Crippen molar-refractivity contribution in [2.45, 2.75) is 44.8 Å². The van der Waals surface area contributed by atoms with Gasteiger partial charge in [-0.15, -0.1) is 0 Å². The smallest absolute Gasteiger partial charge is 0.158 e. The molecular weight excluding hydrogens is 230 g/mol. The largest absolute Gasteiger partial charge is 0.376 e. The predicted octanol–water partition coefficient (Wildman–Crippen LogP) is 1.95. The molecule has 100 valence electrons. The predicted molar refractivity (Wildman–Crippen MR) is 66.1 cm³/mol. The second-order valence-electron chi connectivity index (χ2n) is 5.24. The molecule has 0 spiro atoms. The second-order valence-corrected chi connectivity index (χ2v) is 5.24. The van der Waals surface area contributed by atoms with Crippen LogP contribution in [-0.4, -0.2) is 34.6 Å². The molecule has 0 bridgehead atoms. The van der Waals surface area contributed by atoms with E-state index in [1.165, 1.54) is 32.1 Å². The van der Waals surface area contributed by atoms with Crippen molar-refractivity contribution in [3.63, 3.8) is 0 Å². The van der Waals surface area contributed by atoms with Crippen LogP contribution in [0.4, 0.5) is 0 Å². The van der Waals surface area contributed by atoms with Gasteiger partial charge in [0, 0.05) is 6.54 Å². The summed E-state index contributed by atoms with van der Waals surface area (Å²) >= 11 is 0. The maximum atomic E-state index is 5.70. The Hall–Kier alpha value is -0.940. The van der Waals surface area contributed by atoms with E-state index in [9.17, 15) is 0 Å². The van der Waals surface area contributed by atoms with Crippen LogP contribution in [0.2, 0.25) is 0 Å². The maximum absolute atomic E-state index is 5.70. The van der Waals surface area contributed by atoms with E-state index in [4.69, 9.17) is 9.47 Å². The Kier molecular flexibility index (Phi) is 3.90. The highest BCUT2D eigenvalue weighted by Crippen LogP contribution is 2.26. The number of hydrogen-bond acceptors (Lipinski definition) is 4. The summed E-state index contributed by atoms with van der Waals surface area (Å²) < 4.78 is 13.2. The van der Waals surface area contributed by atoms with Gasteiger partial charge in [0.15, 0.2) is 5.82 Å². The van der Waals surface area contributed by atoms with Gasteiger partial charge in [0.1, 0.15) is 12.4 Å². The van der Waals surface area contributed by atoms with Crippen molar-refractivity contribution < 1.29 is 9.47 Å². The summed E-state index contributed by atoms with van der Waals surface area (Å²) in [4.78, 5) is 4.35. The zero-order valence-electron chi connectivity index (χ0n) is 10.8. The van der Waals surface area contributed by atoms with Gasteiger partial charge in [0.2, 0.25) is 0 Å². The van der Waals surface area contributed by atoms with Crippen LogP contribution < -0.4 is 0 Å². The van der Waals surface area contributed by atoms with Gasteiger partial charge in [0.05, 0.1) is 19.8 Å². The molecule has 1 saturated carbocycles. The number of nitrogens with zero attached hydrogens (tertiary/aromatic N) is 3. The molecule has 1 saturated heterocycles. The van der Waals surface area contributed by atoms with Gasteiger partial charge in [-0.2, -0.15) is 5.10 Å². The molecule has 1 aromatic rings. The molecule has 3 rings (SSSR count). The lowest BCUT2D eigenvalue weighted by Crippen LogP contribution is -2.26. The molecule has 0 N–H and O–H groups in total. The average Bonchev–Trinajstić information content (AvgIpc) is 2.89. The standard InChI is InChI=1S/C13H21N3O2/c1-2-4-11(5-3-1)8-16-13(14-10-15-16)12-9-17-6-7-18-12/h10-12H,1-9H2/t12-/m0/s1. The quantitative estimate of drug-likeness (QED) is 0.824. The first-order valence-corrected chi connectivity index (χ1v) is 7.00. The van der Waals surface area contributed by atoms with Gasteiger partial charge >= 0.3 is 0 Å². The SMILES string of the molecule is c1nc([C@@H]2COCCO2)n(CC2CCCCC2)n1. The molecule has 1 aliphatic carbocycles. The monoisotopic (exact) mass is 251 g/mol. The van der Waals surface area contributed by atoms with E-state index in [0.29, 0.717) is 19.8 Å². The summed E-state index contributed by atoms with van der Waals surface area (Å²) in [5, 5.41) is 4.36. The van der Waals surface area contributed by atoms with Crippen molar-refractivity contribution in [2.24, 2.45) is 5.92 Å². The van der Waals surface area contributed by atoms with E-state index in [1.807, 2.05) is 4.68 Å². The maximum Gasteiger partial charge on any atom is 0.158 e. The highest BCUT2D eigenvalue weighted by atomic mass is 16.6. The van der Waals surface area contributed by atoms with E-state index < -0.39 is 0 Å². The van der Waals surface area contributed by atoms with Crippen LogP contribution >= 0.6 is 0 Å². The Balaban J connectivity index is 1.66. The van der Waals surface area contributed by atoms with Crippen molar-refractivity contribution >= 4 is 0 Å². The lowest BCUT2D eigenvalue weighted by atomic mass is 9.89. The Labute approximate surface area is 107 Å². The van der Waals surface area contributed by atoms with E-state index in [1.54, 1.807) is 6.33 Å². The highest BCUT2D eigenvalue weighted by Gasteiger charge is 2.23. The molecule has 1 aliphatic heterocycles. The Morgan fingerprint density at radius 3 is 2.89 bits per heavy atom. The normalized spacial score (nSPS) is 26.3. The van der Waals surface area contributed by atoms with Crippen molar-refractivity contribution in [3.05, 3.63) is 12.2 Å². The molecule has 1 atom stereocenters. The molecular formula is C13H21N3O2. The van der Waals surface area contributed by atoms with Gasteiger partial charge in [-0.3, -0.25) is 0 Å². The fourth-order valence-electron chi connectivity index (χ4n) is 2.91. The van der Waals surface area contributed by atoms with Crippen LogP contribution in [0.1, 0.15) is 44.0 Å². The van der Waals surface area contributed by atoms with E-state index in [-0.39, 0.29) is 6.10 Å². The summed E-state index contributed by atoms with van der Waals surface area (Å²) in [6.07, 6.45) is 8.35. The Morgan fingerprint density at radius 2 is 2.11 bits per heavy atom. The Bertz CT molecular complexity index is 368. The minimum atomic E-state index is -0.0372. The molecule has 2 aliphatic rings. The highest BCUT2D eigenvalue weighted by molar-refractivity contribution is 4.92. The van der Waals surface area contributed by atoms with Crippen molar-refractivity contribution in [1.29, 1.82) is 0 Å². The fraction of sp³-hybridized carbons (Fsp3) is 0.846. The van der Waals surface area contributed by atoms with Gasteiger partial charge in [-0.05, 0) is 18.8 Å². The van der Waals surface area contributed by atoms with Crippen LogP contribution in [0.15, 0.2) is 6.33 Å². The van der Waals surface area contributed by atoms with Crippen LogP contribution in [-0.2, 0) is 16.0 Å². The average molecular weight is 251 g/mol. The number of aromatic nitrogens is 3. The van der Waals surface area contributed by atoms with Crippen molar-refractivity contribution in [3.8, 4) is 0 Å². The van der Waals surface area contributed by atoms with E-state index in [2.05, 4.69) is 10.1 Å². The van der Waals surface area contributed by atoms with Crippen LogP contribution in [0.25, 0.3) is 0 Å². The molecule has 0 radical (unpaired) electrons. The van der Waals surface area contributed by atoms with Gasteiger partial charge in [-0.25, -0.2) is 9.67 Å². The molecule has 2 heterocycles.